The van der Waals surface area contributed by atoms with Gasteiger partial charge in [-0.1, -0.05) is 23.7 Å². The van der Waals surface area contributed by atoms with Crippen molar-refractivity contribution in [1.82, 2.24) is 15.6 Å². The van der Waals surface area contributed by atoms with Gasteiger partial charge in [0.15, 0.2) is 0 Å². The molecule has 4 nitrogen and oxygen atoms in total. The van der Waals surface area contributed by atoms with E-state index in [1.807, 2.05) is 31.2 Å². The molecule has 1 aliphatic heterocycles. The largest absolute Gasteiger partial charge is 0.346 e. The van der Waals surface area contributed by atoms with Gasteiger partial charge in [-0.05, 0) is 26.0 Å². The topological polar surface area (TPSA) is 54.0 Å². The number of hydrogen-bond donors (Lipinski definition) is 2. The molecule has 0 bridgehead atoms. The van der Waals surface area contributed by atoms with Crippen LogP contribution in [0.15, 0.2) is 24.3 Å². The fraction of sp³-hybridized carbons (Fsp3) is 0.375. The number of benzene rings is 1. The Morgan fingerprint density at radius 3 is 2.75 bits per heavy atom. The second-order valence-corrected chi connectivity index (χ2v) is 8.17. The van der Waals surface area contributed by atoms with Crippen LogP contribution in [0, 0.1) is 6.92 Å². The Balaban J connectivity index is 0.00000208. The van der Waals surface area contributed by atoms with Crippen molar-refractivity contribution in [3.8, 4) is 11.3 Å². The molecule has 2 heterocycles. The van der Waals surface area contributed by atoms with Gasteiger partial charge in [-0.2, -0.15) is 0 Å². The molecular formula is C16H19Cl2N3OS2. The molecule has 1 amide bonds. The Kier molecular flexibility index (Phi) is 6.95. The molecule has 1 aliphatic rings. The smallest absolute Gasteiger partial charge is 0.238 e. The van der Waals surface area contributed by atoms with Crippen molar-refractivity contribution in [2.24, 2.45) is 0 Å². The van der Waals surface area contributed by atoms with Crippen LogP contribution in [0.1, 0.15) is 22.9 Å². The summed E-state index contributed by atoms with van der Waals surface area (Å²) in [5, 5.41) is 7.87. The van der Waals surface area contributed by atoms with Crippen LogP contribution in [0.3, 0.4) is 0 Å². The zero-order chi connectivity index (χ0) is 16.4. The first-order chi connectivity index (χ1) is 11.0. The highest BCUT2D eigenvalue weighted by molar-refractivity contribution is 7.99. The lowest BCUT2D eigenvalue weighted by Gasteiger charge is -2.14. The average Bonchev–Trinajstić information content (AvgIpc) is 3.17. The summed E-state index contributed by atoms with van der Waals surface area (Å²) in [7, 11) is 0. The molecule has 2 N–H and O–H groups in total. The highest BCUT2D eigenvalue weighted by atomic mass is 35.5. The molecule has 2 atom stereocenters. The summed E-state index contributed by atoms with van der Waals surface area (Å²) in [5.74, 6) is 1.71. The number of carbonyl (C=O) groups is 1. The number of carbonyl (C=O) groups excluding carboxylic acids is 1. The van der Waals surface area contributed by atoms with Gasteiger partial charge < -0.3 is 5.32 Å². The van der Waals surface area contributed by atoms with Crippen molar-refractivity contribution in [3.63, 3.8) is 0 Å². The molecule has 0 radical (unpaired) electrons. The highest BCUT2D eigenvalue weighted by Gasteiger charge is 2.25. The zero-order valence-corrected chi connectivity index (χ0v) is 16.5. The predicted molar refractivity (Wildman–Crippen MR) is 105 cm³/mol. The average molecular weight is 404 g/mol. The van der Waals surface area contributed by atoms with E-state index in [2.05, 4.69) is 17.6 Å². The van der Waals surface area contributed by atoms with Crippen LogP contribution in [0.5, 0.6) is 0 Å². The fourth-order valence-corrected chi connectivity index (χ4v) is 4.43. The standard InChI is InChI=1S/C16H18ClN3OS2.ClH/c1-9(19-15(21)13-7-22-8-18-13)16-20-14(10(2)23-16)11-3-5-12(17)6-4-11;/h3-6,9,13,18H,7-8H2,1-2H3,(H,19,21);1H. The Morgan fingerprint density at radius 2 is 2.12 bits per heavy atom. The lowest BCUT2D eigenvalue weighted by molar-refractivity contribution is -0.123. The minimum Gasteiger partial charge on any atom is -0.346 e. The van der Waals surface area contributed by atoms with Gasteiger partial charge in [-0.15, -0.1) is 35.5 Å². The first-order valence-corrected chi connectivity index (χ1v) is 9.74. The number of nitrogens with one attached hydrogen (secondary N) is 2. The third kappa shape index (κ3) is 4.43. The Labute approximate surface area is 161 Å². The SMILES string of the molecule is Cc1sc(C(C)NC(=O)C2CSCN2)nc1-c1ccc(Cl)cc1.Cl. The number of rotatable bonds is 4. The zero-order valence-electron chi connectivity index (χ0n) is 13.3. The van der Waals surface area contributed by atoms with E-state index in [1.165, 1.54) is 0 Å². The molecule has 0 spiro atoms. The number of aryl methyl sites for hydroxylation is 1. The Morgan fingerprint density at radius 1 is 1.42 bits per heavy atom. The Hall–Kier alpha value is -0.790. The van der Waals surface area contributed by atoms with Crippen LogP contribution in [0.25, 0.3) is 11.3 Å². The monoisotopic (exact) mass is 403 g/mol. The van der Waals surface area contributed by atoms with Gasteiger partial charge in [0.25, 0.3) is 0 Å². The number of thioether (sulfide) groups is 1. The van der Waals surface area contributed by atoms with E-state index in [0.29, 0.717) is 5.02 Å². The summed E-state index contributed by atoms with van der Waals surface area (Å²) in [6, 6.07) is 7.47. The quantitative estimate of drug-likeness (QED) is 0.808. The van der Waals surface area contributed by atoms with Crippen LogP contribution in [0.4, 0.5) is 0 Å². The van der Waals surface area contributed by atoms with Crippen LogP contribution in [-0.2, 0) is 4.79 Å². The van der Waals surface area contributed by atoms with Crippen molar-refractivity contribution >= 4 is 53.0 Å². The minimum absolute atomic E-state index is 0. The van der Waals surface area contributed by atoms with Crippen molar-refractivity contribution in [2.75, 3.05) is 11.6 Å². The molecule has 1 fully saturated rings. The normalized spacial score (nSPS) is 18.0. The first-order valence-electron chi connectivity index (χ1n) is 7.39. The summed E-state index contributed by atoms with van der Waals surface area (Å²) in [6.45, 7) is 4.03. The van der Waals surface area contributed by atoms with E-state index in [9.17, 15) is 4.79 Å². The minimum atomic E-state index is -0.0979. The third-order valence-corrected chi connectivity index (χ3v) is 6.04. The molecular weight excluding hydrogens is 385 g/mol. The van der Waals surface area contributed by atoms with E-state index in [-0.39, 0.29) is 30.4 Å². The maximum atomic E-state index is 12.2. The number of hydrogen-bond acceptors (Lipinski definition) is 5. The summed E-state index contributed by atoms with van der Waals surface area (Å²) >= 11 is 9.31. The van der Waals surface area contributed by atoms with Crippen molar-refractivity contribution < 1.29 is 4.79 Å². The van der Waals surface area contributed by atoms with Gasteiger partial charge in [0.2, 0.25) is 5.91 Å². The van der Waals surface area contributed by atoms with Gasteiger partial charge in [0, 0.05) is 27.1 Å². The molecule has 0 aliphatic carbocycles. The summed E-state index contributed by atoms with van der Waals surface area (Å²) in [6.07, 6.45) is 0. The summed E-state index contributed by atoms with van der Waals surface area (Å²) in [4.78, 5) is 18.1. The summed E-state index contributed by atoms with van der Waals surface area (Å²) < 4.78 is 0. The van der Waals surface area contributed by atoms with E-state index >= 15 is 0 Å². The van der Waals surface area contributed by atoms with E-state index in [4.69, 9.17) is 16.6 Å². The molecule has 8 heteroatoms. The number of halogens is 2. The first kappa shape index (κ1) is 19.5. The molecule has 2 aromatic rings. The molecule has 130 valence electrons. The van der Waals surface area contributed by atoms with Crippen LogP contribution >= 0.6 is 47.1 Å². The fourth-order valence-electron chi connectivity index (χ4n) is 2.42. The predicted octanol–water partition coefficient (Wildman–Crippen LogP) is 4.03. The molecule has 0 saturated carbocycles. The van der Waals surface area contributed by atoms with Crippen LogP contribution in [0.2, 0.25) is 5.02 Å². The Bertz CT molecular complexity index is 700. The van der Waals surface area contributed by atoms with Gasteiger partial charge >= 0.3 is 0 Å². The second-order valence-electron chi connectivity index (χ2n) is 5.47. The number of nitrogens with zero attached hydrogens (tertiary/aromatic N) is 1. The molecule has 1 saturated heterocycles. The van der Waals surface area contributed by atoms with Crippen molar-refractivity contribution in [2.45, 2.75) is 25.9 Å². The van der Waals surface area contributed by atoms with E-state index in [0.717, 1.165) is 32.8 Å². The number of amides is 1. The van der Waals surface area contributed by atoms with E-state index < -0.39 is 0 Å². The second kappa shape index (κ2) is 8.54. The molecule has 2 unspecified atom stereocenters. The maximum Gasteiger partial charge on any atom is 0.238 e. The van der Waals surface area contributed by atoms with Gasteiger partial charge in [0.1, 0.15) is 5.01 Å². The van der Waals surface area contributed by atoms with Crippen LogP contribution in [-0.4, -0.2) is 28.6 Å². The van der Waals surface area contributed by atoms with Gasteiger partial charge in [-0.3, -0.25) is 10.1 Å². The van der Waals surface area contributed by atoms with Gasteiger partial charge in [-0.25, -0.2) is 4.98 Å². The van der Waals surface area contributed by atoms with Crippen molar-refractivity contribution in [1.29, 1.82) is 0 Å². The molecule has 24 heavy (non-hydrogen) atoms. The molecule has 1 aromatic heterocycles. The maximum absolute atomic E-state index is 12.2. The third-order valence-electron chi connectivity index (χ3n) is 3.69. The number of aromatic nitrogens is 1. The molecule has 3 rings (SSSR count). The molecule has 1 aromatic carbocycles. The van der Waals surface area contributed by atoms with Gasteiger partial charge in [0.05, 0.1) is 17.8 Å². The number of thiazole rings is 1. The van der Waals surface area contributed by atoms with E-state index in [1.54, 1.807) is 23.1 Å². The highest BCUT2D eigenvalue weighted by Crippen LogP contribution is 2.31. The van der Waals surface area contributed by atoms with Crippen molar-refractivity contribution in [3.05, 3.63) is 39.2 Å². The lowest BCUT2D eigenvalue weighted by atomic mass is 10.1. The van der Waals surface area contributed by atoms with Crippen LogP contribution < -0.4 is 10.6 Å². The lowest BCUT2D eigenvalue weighted by Crippen LogP contribution is -2.42. The summed E-state index contributed by atoms with van der Waals surface area (Å²) in [5.41, 5.74) is 2.00.